The second-order valence-electron chi connectivity index (χ2n) is 9.61. The van der Waals surface area contributed by atoms with E-state index in [9.17, 15) is 13.2 Å². The van der Waals surface area contributed by atoms with Gasteiger partial charge in [0.1, 0.15) is 12.4 Å². The van der Waals surface area contributed by atoms with Crippen molar-refractivity contribution in [2.45, 2.75) is 58.1 Å². The molecule has 192 valence electrons. The van der Waals surface area contributed by atoms with Crippen molar-refractivity contribution in [2.75, 3.05) is 11.9 Å². The molecule has 0 fully saturated rings. The molecule has 0 saturated heterocycles. The lowest BCUT2D eigenvalue weighted by molar-refractivity contribution is -0.134. The lowest BCUT2D eigenvalue weighted by Gasteiger charge is -2.24. The third-order valence-corrected chi connectivity index (χ3v) is 7.51. The largest absolute Gasteiger partial charge is 0.480 e. The van der Waals surface area contributed by atoms with Gasteiger partial charge in [-0.1, -0.05) is 63.6 Å². The predicted octanol–water partition coefficient (Wildman–Crippen LogP) is 4.73. The number of benzene rings is 1. The Morgan fingerprint density at radius 1 is 1.00 bits per heavy atom. The average molecular weight is 511 g/mol. The van der Waals surface area contributed by atoms with Crippen molar-refractivity contribution < 1.29 is 18.3 Å². The number of pyridine rings is 2. The van der Waals surface area contributed by atoms with Crippen molar-refractivity contribution in [1.29, 1.82) is 0 Å². The number of carbonyl (C=O) groups is 1. The van der Waals surface area contributed by atoms with E-state index in [0.717, 1.165) is 24.8 Å². The molecule has 3 aromatic rings. The van der Waals surface area contributed by atoms with Gasteiger partial charge < -0.3 is 10.4 Å². The molecule has 9 heteroatoms. The van der Waals surface area contributed by atoms with E-state index in [-0.39, 0.29) is 30.1 Å². The first kappa shape index (κ1) is 27.3. The van der Waals surface area contributed by atoms with Gasteiger partial charge in [0.05, 0.1) is 12.2 Å². The molecular formula is C27H34N4O4S. The number of sulfonamides is 1. The minimum atomic E-state index is -3.91. The Balaban J connectivity index is 1.85. The first-order valence-electron chi connectivity index (χ1n) is 12.0. The summed E-state index contributed by atoms with van der Waals surface area (Å²) in [6.07, 6.45) is 4.68. The molecule has 8 nitrogen and oxygen atoms in total. The number of hydrogen-bond acceptors (Lipinski definition) is 6. The molecule has 0 bridgehead atoms. The quantitative estimate of drug-likeness (QED) is 0.342. The standard InChI is InChI=1S/C27H34N4O4S/c1-4-15-27(2,3)17-21-11-13-22(14-12-21)19-31(36(34,35)25-10-5-6-16-28-25)20-23-8-7-9-24(30-23)29-18-26(32)33/h5-14,16H,4,15,17-20H2,1-3H3,(H,29,30)(H,32,33). The van der Waals surface area contributed by atoms with E-state index in [4.69, 9.17) is 5.11 Å². The SMILES string of the molecule is CCCC(C)(C)Cc1ccc(CN(Cc2cccc(NCC(=O)O)n2)S(=O)(=O)c2ccccn2)cc1. The lowest BCUT2D eigenvalue weighted by Crippen LogP contribution is -2.31. The minimum Gasteiger partial charge on any atom is -0.480 e. The molecule has 0 saturated carbocycles. The van der Waals surface area contributed by atoms with Crippen LogP contribution in [0.15, 0.2) is 71.9 Å². The molecule has 3 rings (SSSR count). The molecule has 0 unspecified atom stereocenters. The highest BCUT2D eigenvalue weighted by molar-refractivity contribution is 7.89. The lowest BCUT2D eigenvalue weighted by atomic mass is 9.82. The monoisotopic (exact) mass is 510 g/mol. The summed E-state index contributed by atoms with van der Waals surface area (Å²) in [5.41, 5.74) is 2.76. The number of rotatable bonds is 13. The molecule has 2 aromatic heterocycles. The minimum absolute atomic E-state index is 0.00673. The topological polar surface area (TPSA) is 112 Å². The average Bonchev–Trinajstić information content (AvgIpc) is 2.84. The number of hydrogen-bond donors (Lipinski definition) is 2. The summed E-state index contributed by atoms with van der Waals surface area (Å²) in [6, 6.07) is 17.9. The van der Waals surface area contributed by atoms with Crippen LogP contribution in [0, 0.1) is 5.41 Å². The second kappa shape index (κ2) is 12.1. The molecule has 2 N–H and O–H groups in total. The first-order valence-corrected chi connectivity index (χ1v) is 13.4. The smallest absolute Gasteiger partial charge is 0.322 e. The van der Waals surface area contributed by atoms with Crippen LogP contribution in [0.25, 0.3) is 0 Å². The Kier molecular flexibility index (Phi) is 9.17. The molecule has 0 aliphatic heterocycles. The molecule has 0 amide bonds. The molecule has 0 radical (unpaired) electrons. The van der Waals surface area contributed by atoms with Crippen LogP contribution in [-0.2, 0) is 34.3 Å². The van der Waals surface area contributed by atoms with E-state index in [1.54, 1.807) is 30.3 Å². The number of aromatic nitrogens is 2. The molecule has 36 heavy (non-hydrogen) atoms. The Morgan fingerprint density at radius 3 is 2.36 bits per heavy atom. The van der Waals surface area contributed by atoms with Gasteiger partial charge in [-0.3, -0.25) is 4.79 Å². The van der Waals surface area contributed by atoms with Gasteiger partial charge >= 0.3 is 5.97 Å². The van der Waals surface area contributed by atoms with E-state index in [2.05, 4.69) is 48.2 Å². The van der Waals surface area contributed by atoms with Crippen molar-refractivity contribution in [3.63, 3.8) is 0 Å². The van der Waals surface area contributed by atoms with Crippen LogP contribution in [0.1, 0.15) is 50.4 Å². The maximum atomic E-state index is 13.5. The summed E-state index contributed by atoms with van der Waals surface area (Å²) < 4.78 is 28.4. The van der Waals surface area contributed by atoms with E-state index >= 15 is 0 Å². The maximum Gasteiger partial charge on any atom is 0.322 e. The molecule has 0 aliphatic rings. The second-order valence-corrected chi connectivity index (χ2v) is 11.5. The normalized spacial score (nSPS) is 12.0. The van der Waals surface area contributed by atoms with Crippen molar-refractivity contribution in [2.24, 2.45) is 5.41 Å². The Hall–Kier alpha value is -3.30. The number of nitrogens with one attached hydrogen (secondary N) is 1. The zero-order valence-electron chi connectivity index (χ0n) is 21.0. The van der Waals surface area contributed by atoms with E-state index in [0.29, 0.717) is 11.5 Å². The molecule has 2 heterocycles. The van der Waals surface area contributed by atoms with Gasteiger partial charge in [-0.2, -0.15) is 4.31 Å². The van der Waals surface area contributed by atoms with Gasteiger partial charge in [0.15, 0.2) is 5.03 Å². The summed E-state index contributed by atoms with van der Waals surface area (Å²) in [5, 5.41) is 11.6. The number of carboxylic acids is 1. The van der Waals surface area contributed by atoms with E-state index < -0.39 is 16.0 Å². The fraction of sp³-hybridized carbons (Fsp3) is 0.370. The van der Waals surface area contributed by atoms with Crippen molar-refractivity contribution in [3.05, 3.63) is 83.7 Å². The zero-order valence-corrected chi connectivity index (χ0v) is 21.8. The summed E-state index contributed by atoms with van der Waals surface area (Å²) in [5.74, 6) is -0.646. The van der Waals surface area contributed by atoms with Gasteiger partial charge in [0.25, 0.3) is 10.0 Å². The van der Waals surface area contributed by atoms with Crippen LogP contribution < -0.4 is 5.32 Å². The van der Waals surface area contributed by atoms with E-state index in [1.807, 2.05) is 12.1 Å². The number of carboxylic acid groups (broad SMARTS) is 1. The maximum absolute atomic E-state index is 13.5. The molecule has 0 atom stereocenters. The Morgan fingerprint density at radius 2 is 1.72 bits per heavy atom. The molecular weight excluding hydrogens is 476 g/mol. The zero-order chi connectivity index (χ0) is 26.2. The molecule has 1 aromatic carbocycles. The summed E-state index contributed by atoms with van der Waals surface area (Å²) in [7, 11) is -3.91. The van der Waals surface area contributed by atoms with Gasteiger partial charge in [-0.25, -0.2) is 18.4 Å². The van der Waals surface area contributed by atoms with Crippen LogP contribution in [0.5, 0.6) is 0 Å². The number of nitrogens with zero attached hydrogens (tertiary/aromatic N) is 3. The van der Waals surface area contributed by atoms with Crippen molar-refractivity contribution >= 4 is 21.8 Å². The highest BCUT2D eigenvalue weighted by atomic mass is 32.2. The fourth-order valence-electron chi connectivity index (χ4n) is 4.15. The Bertz CT molecular complexity index is 1250. The van der Waals surface area contributed by atoms with Crippen molar-refractivity contribution in [1.82, 2.24) is 14.3 Å². The van der Waals surface area contributed by atoms with Gasteiger partial charge in [-0.15, -0.1) is 0 Å². The number of aliphatic carboxylic acids is 1. The fourth-order valence-corrected chi connectivity index (χ4v) is 5.49. The predicted molar refractivity (Wildman–Crippen MR) is 140 cm³/mol. The number of anilines is 1. The van der Waals surface area contributed by atoms with Crippen LogP contribution in [0.3, 0.4) is 0 Å². The van der Waals surface area contributed by atoms with Gasteiger partial charge in [0.2, 0.25) is 0 Å². The molecule has 0 aliphatic carbocycles. The summed E-state index contributed by atoms with van der Waals surface area (Å²) in [4.78, 5) is 19.3. The van der Waals surface area contributed by atoms with Crippen LogP contribution in [0.2, 0.25) is 0 Å². The van der Waals surface area contributed by atoms with Gasteiger partial charge in [-0.05, 0) is 53.6 Å². The molecule has 0 spiro atoms. The Labute approximate surface area is 213 Å². The third kappa shape index (κ3) is 7.86. The summed E-state index contributed by atoms with van der Waals surface area (Å²) >= 11 is 0. The van der Waals surface area contributed by atoms with Crippen LogP contribution in [-0.4, -0.2) is 40.3 Å². The van der Waals surface area contributed by atoms with Crippen LogP contribution >= 0.6 is 0 Å². The summed E-state index contributed by atoms with van der Waals surface area (Å²) in [6.45, 7) is 6.58. The van der Waals surface area contributed by atoms with Crippen molar-refractivity contribution in [3.8, 4) is 0 Å². The highest BCUT2D eigenvalue weighted by Gasteiger charge is 2.27. The van der Waals surface area contributed by atoms with Gasteiger partial charge in [0, 0.05) is 12.7 Å². The third-order valence-electron chi connectivity index (χ3n) is 5.80. The highest BCUT2D eigenvalue weighted by Crippen LogP contribution is 2.28. The van der Waals surface area contributed by atoms with Crippen LogP contribution in [0.4, 0.5) is 5.82 Å². The van der Waals surface area contributed by atoms with E-state index in [1.165, 1.54) is 22.1 Å². The first-order chi connectivity index (χ1) is 17.1.